The van der Waals surface area contributed by atoms with Crippen molar-refractivity contribution in [1.82, 2.24) is 0 Å². The largest absolute Gasteiger partial charge is 0.270 e. The van der Waals surface area contributed by atoms with Crippen LogP contribution in [0.5, 0.6) is 0 Å². The molecule has 0 saturated carbocycles. The Kier molecular flexibility index (Phi) is 4.56. The molecule has 0 heterocycles. The zero-order chi connectivity index (χ0) is 12.6. The van der Waals surface area contributed by atoms with E-state index in [9.17, 15) is 0 Å². The van der Waals surface area contributed by atoms with Gasteiger partial charge in [-0.15, -0.1) is 0 Å². The van der Waals surface area contributed by atoms with E-state index >= 15 is 0 Å². The second-order valence-electron chi connectivity index (χ2n) is 3.94. The summed E-state index contributed by atoms with van der Waals surface area (Å²) in [6.45, 7) is 0.556. The molecule has 0 aromatic heterocycles. The first-order chi connectivity index (χ1) is 8.86. The fourth-order valence-corrected chi connectivity index (χ4v) is 1.62. The van der Waals surface area contributed by atoms with Gasteiger partial charge in [-0.05, 0) is 17.7 Å². The van der Waals surface area contributed by atoms with Crippen LogP contribution in [0, 0.1) is 0 Å². The molecule has 0 aliphatic carbocycles. The highest BCUT2D eigenvalue weighted by molar-refractivity contribution is 5.48. The van der Waals surface area contributed by atoms with E-state index in [4.69, 9.17) is 4.84 Å². The summed E-state index contributed by atoms with van der Waals surface area (Å²) in [5, 5.41) is 1.77. The number of nitrogens with zero attached hydrogens (tertiary/aromatic N) is 1. The lowest BCUT2D eigenvalue weighted by molar-refractivity contribution is 0.149. The molecule has 0 radical (unpaired) electrons. The Morgan fingerprint density at radius 1 is 0.944 bits per heavy atom. The van der Waals surface area contributed by atoms with Crippen molar-refractivity contribution >= 4 is 11.8 Å². The normalized spacial score (nSPS) is 10.7. The summed E-state index contributed by atoms with van der Waals surface area (Å²) in [6.07, 6.45) is 4.06. The molecule has 0 atom stereocenters. The van der Waals surface area contributed by atoms with Crippen molar-refractivity contribution in [3.05, 3.63) is 72.3 Å². The first-order valence-electron chi connectivity index (χ1n) is 5.99. The third kappa shape index (κ3) is 3.75. The van der Waals surface area contributed by atoms with Gasteiger partial charge in [0.05, 0.1) is 12.3 Å². The van der Waals surface area contributed by atoms with Gasteiger partial charge in [-0.1, -0.05) is 60.7 Å². The van der Waals surface area contributed by atoms with E-state index in [2.05, 4.69) is 18.2 Å². The van der Waals surface area contributed by atoms with E-state index in [-0.39, 0.29) is 0 Å². The molecule has 0 aliphatic rings. The van der Waals surface area contributed by atoms with Crippen molar-refractivity contribution in [2.75, 3.05) is 18.7 Å². The van der Waals surface area contributed by atoms with Crippen molar-refractivity contribution in [2.24, 2.45) is 0 Å². The standard InChI is InChI=1S/C16H17NO/c1-17(16-12-6-3-7-13-16)18-14-8-11-15-9-4-2-5-10-15/h2-13H,14H2,1H3/b11-8+. The Morgan fingerprint density at radius 2 is 1.56 bits per heavy atom. The molecule has 2 heteroatoms. The summed E-state index contributed by atoms with van der Waals surface area (Å²) in [7, 11) is 1.91. The maximum Gasteiger partial charge on any atom is 0.0933 e. The van der Waals surface area contributed by atoms with Crippen molar-refractivity contribution in [2.45, 2.75) is 0 Å². The second kappa shape index (κ2) is 6.62. The van der Waals surface area contributed by atoms with Crippen LogP contribution in [0.1, 0.15) is 5.56 Å². The molecule has 2 rings (SSSR count). The van der Waals surface area contributed by atoms with Crippen molar-refractivity contribution in [3.8, 4) is 0 Å². The van der Waals surface area contributed by atoms with Crippen LogP contribution in [0.15, 0.2) is 66.7 Å². The van der Waals surface area contributed by atoms with E-state index in [0.717, 1.165) is 5.69 Å². The summed E-state index contributed by atoms with van der Waals surface area (Å²) in [5.41, 5.74) is 2.23. The van der Waals surface area contributed by atoms with Crippen molar-refractivity contribution < 1.29 is 4.84 Å². The zero-order valence-corrected chi connectivity index (χ0v) is 10.5. The second-order valence-corrected chi connectivity index (χ2v) is 3.94. The van der Waals surface area contributed by atoms with Crippen LogP contribution >= 0.6 is 0 Å². The molecule has 0 spiro atoms. The van der Waals surface area contributed by atoms with Gasteiger partial charge >= 0.3 is 0 Å². The molecule has 0 bridgehead atoms. The third-order valence-electron chi connectivity index (χ3n) is 2.59. The lowest BCUT2D eigenvalue weighted by Gasteiger charge is -2.17. The number of hydroxylamine groups is 1. The Bertz CT molecular complexity index is 479. The number of para-hydroxylation sites is 1. The Balaban J connectivity index is 1.81. The van der Waals surface area contributed by atoms with E-state index in [1.54, 1.807) is 5.06 Å². The molecular weight excluding hydrogens is 222 g/mol. The van der Waals surface area contributed by atoms with Gasteiger partial charge in [0.25, 0.3) is 0 Å². The fourth-order valence-electron chi connectivity index (χ4n) is 1.62. The zero-order valence-electron chi connectivity index (χ0n) is 10.5. The summed E-state index contributed by atoms with van der Waals surface area (Å²) < 4.78 is 0. The molecule has 18 heavy (non-hydrogen) atoms. The van der Waals surface area contributed by atoms with E-state index < -0.39 is 0 Å². The number of hydrogen-bond acceptors (Lipinski definition) is 2. The van der Waals surface area contributed by atoms with Gasteiger partial charge < -0.3 is 0 Å². The van der Waals surface area contributed by atoms with Gasteiger partial charge in [0.2, 0.25) is 0 Å². The maximum atomic E-state index is 5.60. The molecular formula is C16H17NO. The lowest BCUT2D eigenvalue weighted by Crippen LogP contribution is -2.17. The predicted octanol–water partition coefficient (Wildman–Crippen LogP) is 3.77. The fraction of sp³-hybridized carbons (Fsp3) is 0.125. The lowest BCUT2D eigenvalue weighted by atomic mass is 10.2. The first kappa shape index (κ1) is 12.4. The van der Waals surface area contributed by atoms with Gasteiger partial charge in [0, 0.05) is 7.05 Å². The van der Waals surface area contributed by atoms with Crippen molar-refractivity contribution in [3.63, 3.8) is 0 Å². The van der Waals surface area contributed by atoms with Gasteiger partial charge in [-0.25, -0.2) is 0 Å². The van der Waals surface area contributed by atoms with Gasteiger partial charge in [-0.2, -0.15) is 0 Å². The van der Waals surface area contributed by atoms with Gasteiger partial charge in [0.1, 0.15) is 0 Å². The number of hydrogen-bond donors (Lipinski definition) is 0. The minimum atomic E-state index is 0.556. The molecule has 0 N–H and O–H groups in total. The Morgan fingerprint density at radius 3 is 2.22 bits per heavy atom. The molecule has 2 aromatic rings. The van der Waals surface area contributed by atoms with Crippen LogP contribution in [-0.2, 0) is 4.84 Å². The minimum absolute atomic E-state index is 0.556. The minimum Gasteiger partial charge on any atom is -0.270 e. The topological polar surface area (TPSA) is 12.5 Å². The quantitative estimate of drug-likeness (QED) is 0.736. The molecule has 0 saturated heterocycles. The number of rotatable bonds is 5. The predicted molar refractivity (Wildman–Crippen MR) is 76.3 cm³/mol. The van der Waals surface area contributed by atoms with Crippen LogP contribution in [0.2, 0.25) is 0 Å². The Hall–Kier alpha value is -2.06. The molecule has 0 unspecified atom stereocenters. The SMILES string of the molecule is CN(OC/C=C/c1ccccc1)c1ccccc1. The van der Waals surface area contributed by atoms with Gasteiger partial charge in [0.15, 0.2) is 0 Å². The van der Waals surface area contributed by atoms with E-state index in [1.807, 2.05) is 61.7 Å². The molecule has 0 amide bonds. The highest BCUT2D eigenvalue weighted by Crippen LogP contribution is 2.11. The summed E-state index contributed by atoms with van der Waals surface area (Å²) in [4.78, 5) is 5.60. The first-order valence-corrected chi connectivity index (χ1v) is 5.99. The molecule has 2 aromatic carbocycles. The monoisotopic (exact) mass is 239 g/mol. The van der Waals surface area contributed by atoms with Crippen LogP contribution in [-0.4, -0.2) is 13.7 Å². The summed E-state index contributed by atoms with van der Waals surface area (Å²) in [6, 6.07) is 20.2. The third-order valence-corrected chi connectivity index (χ3v) is 2.59. The number of benzene rings is 2. The van der Waals surface area contributed by atoms with E-state index in [1.165, 1.54) is 5.56 Å². The van der Waals surface area contributed by atoms with Crippen LogP contribution < -0.4 is 5.06 Å². The van der Waals surface area contributed by atoms with Crippen molar-refractivity contribution in [1.29, 1.82) is 0 Å². The molecule has 0 aliphatic heterocycles. The average Bonchev–Trinajstić information content (AvgIpc) is 2.45. The molecule has 2 nitrogen and oxygen atoms in total. The smallest absolute Gasteiger partial charge is 0.0933 e. The number of anilines is 1. The van der Waals surface area contributed by atoms with Crippen LogP contribution in [0.3, 0.4) is 0 Å². The Labute approximate surface area is 108 Å². The summed E-state index contributed by atoms with van der Waals surface area (Å²) >= 11 is 0. The molecule has 92 valence electrons. The average molecular weight is 239 g/mol. The maximum absolute atomic E-state index is 5.60. The van der Waals surface area contributed by atoms with E-state index in [0.29, 0.717) is 6.61 Å². The van der Waals surface area contributed by atoms with Crippen LogP contribution in [0.4, 0.5) is 5.69 Å². The van der Waals surface area contributed by atoms with Crippen LogP contribution in [0.25, 0.3) is 6.08 Å². The van der Waals surface area contributed by atoms with Gasteiger partial charge in [-0.3, -0.25) is 9.90 Å². The summed E-state index contributed by atoms with van der Waals surface area (Å²) in [5.74, 6) is 0. The highest BCUT2D eigenvalue weighted by Gasteiger charge is 1.97. The molecule has 0 fully saturated rings. The highest BCUT2D eigenvalue weighted by atomic mass is 16.7.